The average Bonchev–Trinajstić information content (AvgIpc) is 2.17. The molecule has 0 amide bonds. The molecule has 0 heterocycles. The minimum absolute atomic E-state index is 0.0128. The standard InChI is InChI=1S/C8H10O3/c9-2-1-6-3-7(10)5-8(11)4-6/h3-5,9-11H,1-2H2/i/hD2. The molecule has 0 aliphatic rings. The van der Waals surface area contributed by atoms with Gasteiger partial charge in [0.05, 0.1) is 0 Å². The van der Waals surface area contributed by atoms with E-state index >= 15 is 0 Å². The molecule has 0 unspecified atom stereocenters. The van der Waals surface area contributed by atoms with Crippen molar-refractivity contribution in [2.45, 2.75) is 6.42 Å². The number of aromatic hydroxyl groups is 2. The number of phenols is 2. The van der Waals surface area contributed by atoms with Gasteiger partial charge in [-0.2, -0.15) is 0 Å². The number of hydrogen-bond donors (Lipinski definition) is 3. The summed E-state index contributed by atoms with van der Waals surface area (Å²) >= 11 is 0. The van der Waals surface area contributed by atoms with Crippen molar-refractivity contribution < 1.29 is 15.3 Å². The minimum atomic E-state index is 0.0128. The highest BCUT2D eigenvalue weighted by Crippen LogP contribution is 2.20. The number of benzene rings is 1. The van der Waals surface area contributed by atoms with E-state index in [2.05, 4.69) is 10.2 Å². The van der Waals surface area contributed by atoms with E-state index in [-0.39, 0.29) is 6.61 Å². The van der Waals surface area contributed by atoms with E-state index in [1.807, 2.05) is 0 Å². The first-order valence-corrected chi connectivity index (χ1v) is 3.31. The minimum Gasteiger partial charge on any atom is -0.508 e. The molecule has 3 N–H and O–H groups in total. The van der Waals surface area contributed by atoms with E-state index in [4.69, 9.17) is 7.97 Å². The van der Waals surface area contributed by atoms with Crippen molar-refractivity contribution in [2.75, 3.05) is 6.61 Å². The van der Waals surface area contributed by atoms with Gasteiger partial charge in [-0.1, -0.05) is 0 Å². The quantitative estimate of drug-likeness (QED) is 0.599. The highest BCUT2D eigenvalue weighted by atomic mass is 16.3. The van der Waals surface area contributed by atoms with Crippen molar-refractivity contribution in [3.63, 3.8) is 0 Å². The van der Waals surface area contributed by atoms with E-state index in [1.54, 1.807) is 12.1 Å². The number of phenolic OH excluding ortho intramolecular Hbond substituents is 2. The van der Waals surface area contributed by atoms with Crippen molar-refractivity contribution in [3.05, 3.63) is 23.8 Å². The fourth-order valence-electron chi connectivity index (χ4n) is 0.904. The van der Waals surface area contributed by atoms with Crippen LogP contribution in [-0.2, 0) is 6.42 Å². The van der Waals surface area contributed by atoms with Crippen LogP contribution in [0.1, 0.15) is 5.56 Å². The lowest BCUT2D eigenvalue weighted by Crippen LogP contribution is -1.89. The normalized spacial score (nSPS) is 11.7. The second kappa shape index (κ2) is 3.25. The van der Waals surface area contributed by atoms with Gasteiger partial charge in [-0.15, -0.1) is 0 Å². The first-order valence-electron chi connectivity index (χ1n) is 4.13. The molecule has 0 aliphatic heterocycles. The van der Waals surface area contributed by atoms with Crippen LogP contribution in [0.25, 0.3) is 0 Å². The summed E-state index contributed by atoms with van der Waals surface area (Å²) in [5.41, 5.74) is 0.773. The molecular weight excluding hydrogens is 144 g/mol. The summed E-state index contributed by atoms with van der Waals surface area (Å²) in [5, 5.41) is 17.2. The molecule has 0 saturated carbocycles. The Morgan fingerprint density at radius 1 is 1.18 bits per heavy atom. The molecule has 0 saturated heterocycles. The van der Waals surface area contributed by atoms with E-state index < -0.39 is 0 Å². The second-order valence-corrected chi connectivity index (χ2v) is 2.29. The SMILES string of the molecule is [2H]Oc1cc(CCO)cc(O[2H])c1. The van der Waals surface area contributed by atoms with Gasteiger partial charge in [0, 0.05) is 12.7 Å². The van der Waals surface area contributed by atoms with Gasteiger partial charge in [-0.3, -0.25) is 0 Å². The molecular formula is C8H10O3. The predicted molar refractivity (Wildman–Crippen MR) is 40.6 cm³/mol. The molecule has 1 rings (SSSR count). The molecule has 0 radical (unpaired) electrons. The Kier molecular flexibility index (Phi) is 1.61. The number of hydrogen-bond acceptors (Lipinski definition) is 3. The Morgan fingerprint density at radius 3 is 2.27 bits per heavy atom. The zero-order valence-corrected chi connectivity index (χ0v) is 5.91. The third-order valence-electron chi connectivity index (χ3n) is 1.34. The topological polar surface area (TPSA) is 60.7 Å². The third kappa shape index (κ3) is 2.13. The Hall–Kier alpha value is -1.22. The van der Waals surface area contributed by atoms with Crippen LogP contribution in [-0.4, -0.2) is 24.8 Å². The Morgan fingerprint density at radius 2 is 1.82 bits per heavy atom. The van der Waals surface area contributed by atoms with Crippen LogP contribution in [0.3, 0.4) is 0 Å². The van der Waals surface area contributed by atoms with E-state index in [0.717, 1.165) is 5.56 Å². The Balaban J connectivity index is 2.93. The van der Waals surface area contributed by atoms with Crippen molar-refractivity contribution >= 4 is 0 Å². The third-order valence-corrected chi connectivity index (χ3v) is 1.34. The maximum absolute atomic E-state index is 8.67. The smallest absolute Gasteiger partial charge is 0.293 e. The van der Waals surface area contributed by atoms with Crippen LogP contribution in [0.5, 0.6) is 11.5 Å². The molecule has 0 bridgehead atoms. The first kappa shape index (κ1) is 5.43. The van der Waals surface area contributed by atoms with E-state index in [0.29, 0.717) is 17.9 Å². The lowest BCUT2D eigenvalue weighted by atomic mass is 10.1. The van der Waals surface area contributed by atoms with Gasteiger partial charge in [0.2, 0.25) is 0 Å². The van der Waals surface area contributed by atoms with Crippen molar-refractivity contribution in [2.24, 2.45) is 0 Å². The number of rotatable bonds is 4. The fourth-order valence-corrected chi connectivity index (χ4v) is 0.904. The summed E-state index contributed by atoms with van der Waals surface area (Å²) in [4.78, 5) is 0. The van der Waals surface area contributed by atoms with Crippen LogP contribution in [0, 0.1) is 0 Å². The number of aliphatic hydroxyl groups excluding tert-OH is 1. The fraction of sp³-hybridized carbons (Fsp3) is 0.250. The zero-order valence-electron chi connectivity index (χ0n) is 7.91. The maximum Gasteiger partial charge on any atom is 0.293 e. The molecule has 0 atom stereocenters. The molecule has 3 heteroatoms. The van der Waals surface area contributed by atoms with Crippen LogP contribution in [0.4, 0.5) is 0 Å². The van der Waals surface area contributed by atoms with Crippen molar-refractivity contribution in [1.29, 1.82) is 2.86 Å². The molecule has 0 aliphatic carbocycles. The predicted octanol–water partition coefficient (Wildman–Crippen LogP) is 0.633. The van der Waals surface area contributed by atoms with Gasteiger partial charge < -0.3 is 15.3 Å². The highest BCUT2D eigenvalue weighted by Gasteiger charge is 1.97. The van der Waals surface area contributed by atoms with Crippen LogP contribution in [0.15, 0.2) is 18.2 Å². The molecule has 60 valence electrons. The van der Waals surface area contributed by atoms with E-state index in [1.165, 1.54) is 6.07 Å². The van der Waals surface area contributed by atoms with Gasteiger partial charge in [0.25, 0.3) is 2.86 Å². The lowest BCUT2D eigenvalue weighted by molar-refractivity contribution is 0.299. The van der Waals surface area contributed by atoms with Gasteiger partial charge in [0.15, 0.2) is 0 Å². The molecule has 1 aromatic carbocycles. The molecule has 0 spiro atoms. The summed E-state index contributed by atoms with van der Waals surface area (Å²) in [5.74, 6) is 0.599. The van der Waals surface area contributed by atoms with Crippen LogP contribution >= 0.6 is 0 Å². The zero-order chi connectivity index (χ0) is 9.68. The lowest BCUT2D eigenvalue weighted by Gasteiger charge is -2.00. The maximum atomic E-state index is 8.67. The van der Waals surface area contributed by atoms with Crippen LogP contribution < -0.4 is 0 Å². The van der Waals surface area contributed by atoms with Gasteiger partial charge in [-0.25, -0.2) is 0 Å². The molecule has 11 heavy (non-hydrogen) atoms. The molecule has 3 nitrogen and oxygen atoms in total. The monoisotopic (exact) mass is 156 g/mol. The largest absolute Gasteiger partial charge is 0.508 e. The summed E-state index contributed by atoms with van der Waals surface area (Å²) < 4.78 is 13.3. The molecule has 0 fully saturated rings. The molecule has 1 aromatic rings. The molecule has 0 aromatic heterocycles. The number of aliphatic hydroxyl groups is 1. The Bertz CT molecular complexity index is 256. The average molecular weight is 156 g/mol. The summed E-state index contributed by atoms with van der Waals surface area (Å²) in [6.07, 6.45) is 0.452. The van der Waals surface area contributed by atoms with Gasteiger partial charge >= 0.3 is 0 Å². The summed E-state index contributed by atoms with van der Waals surface area (Å²) in [7, 11) is 0. The van der Waals surface area contributed by atoms with E-state index in [9.17, 15) is 0 Å². The highest BCUT2D eigenvalue weighted by molar-refractivity contribution is 5.36. The summed E-state index contributed by atoms with van der Waals surface area (Å²) in [6, 6.07) is 4.67. The van der Waals surface area contributed by atoms with Gasteiger partial charge in [-0.05, 0) is 24.1 Å². The van der Waals surface area contributed by atoms with Gasteiger partial charge in [0.1, 0.15) is 11.5 Å². The van der Waals surface area contributed by atoms with Crippen molar-refractivity contribution in [1.82, 2.24) is 0 Å². The van der Waals surface area contributed by atoms with Crippen molar-refractivity contribution in [3.8, 4) is 11.5 Å². The first-order chi connectivity index (χ1) is 6.30. The van der Waals surface area contributed by atoms with Crippen LogP contribution in [0.2, 0.25) is 0 Å². The summed E-state index contributed by atoms with van der Waals surface area (Å²) in [6.45, 7) is 0.0128. The second-order valence-electron chi connectivity index (χ2n) is 2.29. The Labute approximate surface area is 67.5 Å².